The molecule has 0 aliphatic carbocycles. The number of amides is 2. The van der Waals surface area contributed by atoms with Crippen LogP contribution in [0.3, 0.4) is 0 Å². The molecule has 0 radical (unpaired) electrons. The van der Waals surface area contributed by atoms with E-state index in [9.17, 15) is 9.59 Å². The second-order valence-corrected chi connectivity index (χ2v) is 4.62. The van der Waals surface area contributed by atoms with E-state index in [0.29, 0.717) is 12.8 Å². The van der Waals surface area contributed by atoms with E-state index < -0.39 is 0 Å². The molecule has 18 heavy (non-hydrogen) atoms. The Morgan fingerprint density at radius 1 is 1.39 bits per heavy atom. The third-order valence-electron chi connectivity index (χ3n) is 3.26. The molecule has 1 fully saturated rings. The number of hydrogen-bond donors (Lipinski definition) is 1. The monoisotopic (exact) mass is 243 g/mol. The van der Waals surface area contributed by atoms with Crippen LogP contribution in [0.4, 0.5) is 0 Å². The number of benzene rings is 1. The van der Waals surface area contributed by atoms with Crippen molar-refractivity contribution in [2.75, 3.05) is 0 Å². The molecule has 3 rings (SSSR count). The molecule has 1 N–H and O–H groups in total. The normalized spacial score (nSPS) is 20.2. The van der Waals surface area contributed by atoms with E-state index in [2.05, 4.69) is 10.4 Å². The smallest absolute Gasteiger partial charge is 0.251 e. The maximum absolute atomic E-state index is 11.8. The zero-order chi connectivity index (χ0) is 12.7. The van der Waals surface area contributed by atoms with Crippen LogP contribution in [-0.2, 0) is 9.59 Å². The van der Waals surface area contributed by atoms with Crippen LogP contribution in [0.1, 0.15) is 24.4 Å². The maximum Gasteiger partial charge on any atom is 0.251 e. The molecule has 92 valence electrons. The van der Waals surface area contributed by atoms with Crippen molar-refractivity contribution >= 4 is 22.7 Å². The van der Waals surface area contributed by atoms with Gasteiger partial charge in [-0.1, -0.05) is 12.1 Å². The van der Waals surface area contributed by atoms with Crippen molar-refractivity contribution in [3.05, 3.63) is 30.0 Å². The number of carbonyl (C=O) groups excluding carboxylic acids is 2. The Kier molecular flexibility index (Phi) is 2.40. The molecule has 2 heterocycles. The highest BCUT2D eigenvalue weighted by Crippen LogP contribution is 2.24. The summed E-state index contributed by atoms with van der Waals surface area (Å²) in [5.74, 6) is -0.471. The number of aryl methyl sites for hydroxylation is 1. The van der Waals surface area contributed by atoms with Crippen molar-refractivity contribution in [1.29, 1.82) is 0 Å². The maximum atomic E-state index is 11.8. The van der Waals surface area contributed by atoms with Gasteiger partial charge in [0.25, 0.3) is 5.91 Å². The van der Waals surface area contributed by atoms with E-state index in [1.165, 1.54) is 0 Å². The van der Waals surface area contributed by atoms with E-state index in [-0.39, 0.29) is 17.9 Å². The molecule has 5 heteroatoms. The van der Waals surface area contributed by atoms with E-state index in [4.69, 9.17) is 0 Å². The topological polar surface area (TPSA) is 64.0 Å². The van der Waals surface area contributed by atoms with Crippen LogP contribution in [0.15, 0.2) is 24.4 Å². The van der Waals surface area contributed by atoms with E-state index >= 15 is 0 Å². The minimum atomic E-state index is -0.387. The highest BCUT2D eigenvalue weighted by molar-refractivity contribution is 6.00. The van der Waals surface area contributed by atoms with Gasteiger partial charge in [-0.15, -0.1) is 0 Å². The molecule has 1 aliphatic rings. The molecule has 1 aliphatic heterocycles. The number of nitrogens with zero attached hydrogens (tertiary/aromatic N) is 2. The van der Waals surface area contributed by atoms with Gasteiger partial charge in [0.05, 0.1) is 11.7 Å². The molecule has 0 spiro atoms. The lowest BCUT2D eigenvalue weighted by molar-refractivity contribution is -0.135. The van der Waals surface area contributed by atoms with Crippen molar-refractivity contribution in [3.63, 3.8) is 0 Å². The predicted molar refractivity (Wildman–Crippen MR) is 65.9 cm³/mol. The van der Waals surface area contributed by atoms with Gasteiger partial charge >= 0.3 is 0 Å². The molecule has 2 aromatic rings. The summed E-state index contributed by atoms with van der Waals surface area (Å²) in [6.45, 7) is 2.00. The van der Waals surface area contributed by atoms with Gasteiger partial charge in [0.1, 0.15) is 6.04 Å². The Morgan fingerprint density at radius 2 is 2.22 bits per heavy atom. The first kappa shape index (κ1) is 11.0. The number of nitrogens with one attached hydrogen (secondary N) is 1. The summed E-state index contributed by atoms with van der Waals surface area (Å²) < 4.78 is 1.71. The quantitative estimate of drug-likeness (QED) is 0.768. The van der Waals surface area contributed by atoms with E-state index in [1.54, 1.807) is 10.9 Å². The Balaban J connectivity index is 2.06. The molecule has 1 unspecified atom stereocenters. The first-order chi connectivity index (χ1) is 8.65. The lowest BCUT2D eigenvalue weighted by atomic mass is 10.1. The number of fused-ring (bicyclic) bond motifs is 1. The molecular weight excluding hydrogens is 230 g/mol. The third-order valence-corrected chi connectivity index (χ3v) is 3.26. The van der Waals surface area contributed by atoms with Gasteiger partial charge in [0, 0.05) is 11.8 Å². The Labute approximate surface area is 104 Å². The van der Waals surface area contributed by atoms with Crippen molar-refractivity contribution in [3.8, 4) is 0 Å². The summed E-state index contributed by atoms with van der Waals surface area (Å²) >= 11 is 0. The molecule has 1 aromatic heterocycles. The largest absolute Gasteiger partial charge is 0.295 e. The molecule has 0 saturated carbocycles. The van der Waals surface area contributed by atoms with E-state index in [0.717, 1.165) is 16.5 Å². The van der Waals surface area contributed by atoms with Gasteiger partial charge in [0.2, 0.25) is 5.91 Å². The fraction of sp³-hybridized carbons (Fsp3) is 0.308. The number of hydrogen-bond acceptors (Lipinski definition) is 3. The Bertz CT molecular complexity index is 645. The van der Waals surface area contributed by atoms with E-state index in [1.807, 2.05) is 25.1 Å². The summed E-state index contributed by atoms with van der Waals surface area (Å²) in [4.78, 5) is 23.0. The summed E-state index contributed by atoms with van der Waals surface area (Å²) in [7, 11) is 0. The van der Waals surface area contributed by atoms with Crippen LogP contribution in [0.5, 0.6) is 0 Å². The summed E-state index contributed by atoms with van der Waals surface area (Å²) in [5.41, 5.74) is 2.06. The second kappa shape index (κ2) is 3.94. The van der Waals surface area contributed by atoms with Crippen molar-refractivity contribution < 1.29 is 9.59 Å². The van der Waals surface area contributed by atoms with Gasteiger partial charge in [-0.05, 0) is 25.0 Å². The Hall–Kier alpha value is -2.17. The second-order valence-electron chi connectivity index (χ2n) is 4.62. The van der Waals surface area contributed by atoms with Gasteiger partial charge < -0.3 is 0 Å². The average Bonchev–Trinajstić information content (AvgIpc) is 2.72. The lowest BCUT2D eigenvalue weighted by Crippen LogP contribution is -2.42. The fourth-order valence-electron chi connectivity index (χ4n) is 2.31. The van der Waals surface area contributed by atoms with Crippen LogP contribution in [0.25, 0.3) is 10.9 Å². The molecule has 1 aromatic carbocycles. The third kappa shape index (κ3) is 1.68. The number of carbonyl (C=O) groups is 2. The number of piperidine rings is 1. The Morgan fingerprint density at radius 3 is 3.00 bits per heavy atom. The van der Waals surface area contributed by atoms with Gasteiger partial charge in [-0.2, -0.15) is 5.10 Å². The van der Waals surface area contributed by atoms with Crippen LogP contribution in [0, 0.1) is 6.92 Å². The molecule has 1 atom stereocenters. The standard InChI is InChI=1S/C13H13N3O2/c1-8-2-3-9-7-14-16(11(9)6-8)10-4-5-12(17)15-13(10)18/h2-3,6-7,10H,4-5H2,1H3,(H,15,17,18). The highest BCUT2D eigenvalue weighted by atomic mass is 16.2. The van der Waals surface area contributed by atoms with Gasteiger partial charge in [-0.3, -0.25) is 19.6 Å². The van der Waals surface area contributed by atoms with Crippen LogP contribution in [0.2, 0.25) is 0 Å². The number of rotatable bonds is 1. The van der Waals surface area contributed by atoms with Gasteiger partial charge in [0.15, 0.2) is 0 Å². The zero-order valence-electron chi connectivity index (χ0n) is 10.0. The van der Waals surface area contributed by atoms with Crippen LogP contribution in [-0.4, -0.2) is 21.6 Å². The lowest BCUT2D eigenvalue weighted by Gasteiger charge is -2.21. The first-order valence-electron chi connectivity index (χ1n) is 5.93. The van der Waals surface area contributed by atoms with Crippen molar-refractivity contribution in [2.24, 2.45) is 0 Å². The summed E-state index contributed by atoms with van der Waals surface area (Å²) in [6.07, 6.45) is 2.62. The summed E-state index contributed by atoms with van der Waals surface area (Å²) in [6, 6.07) is 5.62. The van der Waals surface area contributed by atoms with Gasteiger partial charge in [-0.25, -0.2) is 0 Å². The molecule has 0 bridgehead atoms. The molecule has 1 saturated heterocycles. The van der Waals surface area contributed by atoms with Crippen LogP contribution >= 0.6 is 0 Å². The molecule has 2 amide bonds. The van der Waals surface area contributed by atoms with Crippen molar-refractivity contribution in [2.45, 2.75) is 25.8 Å². The first-order valence-corrected chi connectivity index (χ1v) is 5.93. The minimum Gasteiger partial charge on any atom is -0.295 e. The average molecular weight is 243 g/mol. The minimum absolute atomic E-state index is 0.205. The highest BCUT2D eigenvalue weighted by Gasteiger charge is 2.29. The van der Waals surface area contributed by atoms with Crippen molar-refractivity contribution in [1.82, 2.24) is 15.1 Å². The van der Waals surface area contributed by atoms with Crippen LogP contribution < -0.4 is 5.32 Å². The fourth-order valence-corrected chi connectivity index (χ4v) is 2.31. The SMILES string of the molecule is Cc1ccc2cnn(C3CCC(=O)NC3=O)c2c1. The molecule has 5 nitrogen and oxygen atoms in total. The number of imide groups is 1. The molecular formula is C13H13N3O2. The predicted octanol–water partition coefficient (Wildman–Crippen LogP) is 1.32. The number of aromatic nitrogens is 2. The zero-order valence-corrected chi connectivity index (χ0v) is 10.0. The summed E-state index contributed by atoms with van der Waals surface area (Å²) in [5, 5.41) is 7.64.